The molecule has 0 unspecified atom stereocenters. The van der Waals surface area contributed by atoms with E-state index in [1.54, 1.807) is 36.3 Å². The number of hydrogen-bond acceptors (Lipinski definition) is 3. The van der Waals surface area contributed by atoms with Crippen molar-refractivity contribution in [1.29, 1.82) is 0 Å². The molecule has 1 aliphatic heterocycles. The first-order valence-electron chi connectivity index (χ1n) is 8.61. The predicted octanol–water partition coefficient (Wildman–Crippen LogP) is 4.06. The quantitative estimate of drug-likeness (QED) is 0.455. The van der Waals surface area contributed by atoms with Gasteiger partial charge >= 0.3 is 6.03 Å². The van der Waals surface area contributed by atoms with Crippen molar-refractivity contribution in [3.8, 4) is 0 Å². The number of carbonyl (C=O) groups is 1. The van der Waals surface area contributed by atoms with E-state index < -0.39 is 0 Å². The number of hydrogen-bond donors (Lipinski definition) is 2. The molecule has 140 valence electrons. The Kier molecular flexibility index (Phi) is 6.88. The van der Waals surface area contributed by atoms with Gasteiger partial charge in [-0.2, -0.15) is 0 Å². The Morgan fingerprint density at radius 1 is 1.22 bits per heavy atom. The van der Waals surface area contributed by atoms with Gasteiger partial charge in [0, 0.05) is 25.0 Å². The molecule has 0 saturated carbocycles. The summed E-state index contributed by atoms with van der Waals surface area (Å²) in [5.41, 5.74) is 4.22. The smallest absolute Gasteiger partial charge is 0.321 e. The molecule has 1 aromatic rings. The molecule has 27 heavy (non-hydrogen) atoms. The monoisotopic (exact) mass is 363 g/mol. The summed E-state index contributed by atoms with van der Waals surface area (Å²) in [6, 6.07) is 5.83. The lowest BCUT2D eigenvalue weighted by Gasteiger charge is -2.17. The number of aliphatic imine (C=N–C) groups is 2. The topological polar surface area (TPSA) is 69.1 Å². The van der Waals surface area contributed by atoms with Crippen LogP contribution >= 0.6 is 0 Å². The zero-order valence-electron chi connectivity index (χ0n) is 15.8. The number of rotatable bonds is 6. The number of allylic oxidation sites excluding steroid dienone is 4. The molecular formula is C21H25N5O. The fourth-order valence-corrected chi connectivity index (χ4v) is 2.87. The second-order valence-electron chi connectivity index (χ2n) is 5.86. The maximum Gasteiger partial charge on any atom is 0.321 e. The molecule has 2 N–H and O–H groups in total. The van der Waals surface area contributed by atoms with E-state index in [4.69, 9.17) is 0 Å². The van der Waals surface area contributed by atoms with Gasteiger partial charge in [-0.3, -0.25) is 9.89 Å². The first kappa shape index (κ1) is 19.9. The molecular weight excluding hydrogens is 338 g/mol. The Morgan fingerprint density at radius 3 is 2.56 bits per heavy atom. The van der Waals surface area contributed by atoms with Crippen LogP contribution in [0, 0.1) is 0 Å². The maximum atomic E-state index is 11.9. The molecule has 1 heterocycles. The zero-order valence-corrected chi connectivity index (χ0v) is 15.8. The van der Waals surface area contributed by atoms with Gasteiger partial charge in [0.1, 0.15) is 5.84 Å². The molecule has 0 bridgehead atoms. The molecule has 0 spiro atoms. The van der Waals surface area contributed by atoms with E-state index in [1.165, 1.54) is 0 Å². The van der Waals surface area contributed by atoms with Gasteiger partial charge in [0.15, 0.2) is 0 Å². The standard InChI is InChI=1S/C21H25N5O/c1-6-8-18(22-4)19(9-7-2)25-15(3)24-17-10-11-20-16(14-17)12-13-26(20)21(27)23-5/h6-11,14H,1-2,4,12-13H2,3,5H3,(H,23,27)(H,24,25)/b18-8-,19-9-. The van der Waals surface area contributed by atoms with E-state index >= 15 is 0 Å². The molecule has 0 aliphatic carbocycles. The van der Waals surface area contributed by atoms with Crippen LogP contribution in [-0.2, 0) is 6.42 Å². The maximum absolute atomic E-state index is 11.9. The summed E-state index contributed by atoms with van der Waals surface area (Å²) in [5, 5.41) is 5.95. The van der Waals surface area contributed by atoms with Crippen LogP contribution in [0.1, 0.15) is 12.5 Å². The van der Waals surface area contributed by atoms with Crippen LogP contribution in [0.25, 0.3) is 0 Å². The number of benzene rings is 1. The molecule has 2 rings (SSSR count). The molecule has 6 nitrogen and oxygen atoms in total. The minimum Gasteiger partial charge on any atom is -0.344 e. The largest absolute Gasteiger partial charge is 0.344 e. The minimum atomic E-state index is -0.0927. The van der Waals surface area contributed by atoms with Crippen molar-refractivity contribution >= 4 is 30.0 Å². The van der Waals surface area contributed by atoms with E-state index in [0.717, 1.165) is 23.4 Å². The Hall–Kier alpha value is -3.41. The zero-order chi connectivity index (χ0) is 19.8. The third kappa shape index (κ3) is 4.82. The molecule has 0 saturated heterocycles. The number of nitrogens with zero attached hydrogens (tertiary/aromatic N) is 3. The molecule has 0 aromatic heterocycles. The number of nitrogens with one attached hydrogen (secondary N) is 2. The normalized spacial score (nSPS) is 14.4. The molecule has 0 fully saturated rings. The van der Waals surface area contributed by atoms with Gasteiger partial charge in [-0.05, 0) is 56.0 Å². The molecule has 2 amide bonds. The average molecular weight is 363 g/mol. The van der Waals surface area contributed by atoms with Crippen molar-refractivity contribution in [3.05, 3.63) is 72.6 Å². The van der Waals surface area contributed by atoms with Gasteiger partial charge in [-0.25, -0.2) is 9.79 Å². The fraction of sp³-hybridized carbons (Fsp3) is 0.190. The minimum absolute atomic E-state index is 0.0927. The van der Waals surface area contributed by atoms with Crippen LogP contribution in [0.3, 0.4) is 0 Å². The Balaban J connectivity index is 2.22. The predicted molar refractivity (Wildman–Crippen MR) is 115 cm³/mol. The van der Waals surface area contributed by atoms with Gasteiger partial charge in [0.2, 0.25) is 0 Å². The van der Waals surface area contributed by atoms with E-state index in [0.29, 0.717) is 23.8 Å². The highest BCUT2D eigenvalue weighted by molar-refractivity contribution is 5.97. The van der Waals surface area contributed by atoms with Crippen molar-refractivity contribution < 1.29 is 4.79 Å². The lowest BCUT2D eigenvalue weighted by atomic mass is 10.1. The number of carbonyl (C=O) groups excluding carboxylic acids is 1. The number of anilines is 2. The van der Waals surface area contributed by atoms with Crippen molar-refractivity contribution in [1.82, 2.24) is 5.32 Å². The molecule has 1 aromatic carbocycles. The van der Waals surface area contributed by atoms with Crippen LogP contribution in [0.5, 0.6) is 0 Å². The lowest BCUT2D eigenvalue weighted by molar-refractivity contribution is 0.248. The highest BCUT2D eigenvalue weighted by Gasteiger charge is 2.23. The van der Waals surface area contributed by atoms with Gasteiger partial charge < -0.3 is 10.6 Å². The molecule has 6 heteroatoms. The van der Waals surface area contributed by atoms with E-state index in [2.05, 4.69) is 40.5 Å². The molecule has 0 atom stereocenters. The summed E-state index contributed by atoms with van der Waals surface area (Å²) in [4.78, 5) is 22.2. The molecule has 0 radical (unpaired) electrons. The summed E-state index contributed by atoms with van der Waals surface area (Å²) < 4.78 is 0. The van der Waals surface area contributed by atoms with Crippen molar-refractivity contribution in [2.75, 3.05) is 23.8 Å². The highest BCUT2D eigenvalue weighted by atomic mass is 16.2. The summed E-state index contributed by atoms with van der Waals surface area (Å²) in [6.07, 6.45) is 7.61. The van der Waals surface area contributed by atoms with Crippen LogP contribution in [0.2, 0.25) is 0 Å². The SMILES string of the molecule is C=C/C=C(N=C)/C(=C/C=C)N=C(C)Nc1ccc2c(c1)CCN2C(=O)NC. The van der Waals surface area contributed by atoms with E-state index in [9.17, 15) is 4.79 Å². The third-order valence-electron chi connectivity index (χ3n) is 4.03. The average Bonchev–Trinajstić information content (AvgIpc) is 3.08. The first-order chi connectivity index (χ1) is 13.0. The van der Waals surface area contributed by atoms with Gasteiger partial charge in [-0.1, -0.05) is 25.3 Å². The second kappa shape index (κ2) is 9.33. The van der Waals surface area contributed by atoms with Crippen molar-refractivity contribution in [2.45, 2.75) is 13.3 Å². The van der Waals surface area contributed by atoms with Crippen LogP contribution < -0.4 is 15.5 Å². The number of amidine groups is 1. The van der Waals surface area contributed by atoms with Crippen LogP contribution in [-0.4, -0.2) is 32.2 Å². The van der Waals surface area contributed by atoms with Gasteiger partial charge in [0.05, 0.1) is 11.4 Å². The fourth-order valence-electron chi connectivity index (χ4n) is 2.87. The van der Waals surface area contributed by atoms with Gasteiger partial charge in [0.25, 0.3) is 0 Å². The van der Waals surface area contributed by atoms with Crippen molar-refractivity contribution in [3.63, 3.8) is 0 Å². The summed E-state index contributed by atoms with van der Waals surface area (Å²) in [7, 11) is 1.64. The summed E-state index contributed by atoms with van der Waals surface area (Å²) in [6.45, 7) is 13.5. The van der Waals surface area contributed by atoms with Crippen LogP contribution in [0.4, 0.5) is 16.2 Å². The first-order valence-corrected chi connectivity index (χ1v) is 8.61. The van der Waals surface area contributed by atoms with Crippen LogP contribution in [0.15, 0.2) is 77.0 Å². The number of amides is 2. The van der Waals surface area contributed by atoms with E-state index in [-0.39, 0.29) is 6.03 Å². The lowest BCUT2D eigenvalue weighted by Crippen LogP contribution is -2.36. The number of urea groups is 1. The Labute approximate surface area is 160 Å². The number of fused-ring (bicyclic) bond motifs is 1. The Bertz CT molecular complexity index is 848. The summed E-state index contributed by atoms with van der Waals surface area (Å²) in [5.74, 6) is 0.697. The third-order valence-corrected chi connectivity index (χ3v) is 4.03. The van der Waals surface area contributed by atoms with Crippen molar-refractivity contribution in [2.24, 2.45) is 9.98 Å². The van der Waals surface area contributed by atoms with E-state index in [1.807, 2.05) is 25.1 Å². The summed E-state index contributed by atoms with van der Waals surface area (Å²) >= 11 is 0. The highest BCUT2D eigenvalue weighted by Crippen LogP contribution is 2.30. The molecule has 1 aliphatic rings. The second-order valence-corrected chi connectivity index (χ2v) is 5.86. The van der Waals surface area contributed by atoms with Gasteiger partial charge in [-0.15, -0.1) is 0 Å². The Morgan fingerprint density at radius 2 is 1.93 bits per heavy atom.